The second-order valence-electron chi connectivity index (χ2n) is 5.21. The molecule has 0 amide bonds. The van der Waals surface area contributed by atoms with Crippen molar-refractivity contribution in [3.8, 4) is 0 Å². The molecule has 3 aromatic rings. The molecule has 0 aliphatic heterocycles. The Morgan fingerprint density at radius 3 is 2.61 bits per heavy atom. The van der Waals surface area contributed by atoms with Gasteiger partial charge in [0.2, 0.25) is 0 Å². The van der Waals surface area contributed by atoms with Gasteiger partial charge in [-0.25, -0.2) is 0 Å². The zero-order valence-corrected chi connectivity index (χ0v) is 10.7. The first-order chi connectivity index (χ1) is 8.83. The zero-order chi connectivity index (χ0) is 12.1. The van der Waals surface area contributed by atoms with Crippen LogP contribution in [0.15, 0.2) is 42.5 Å². The van der Waals surface area contributed by atoms with Crippen LogP contribution in [0.4, 0.5) is 0 Å². The van der Waals surface area contributed by atoms with Gasteiger partial charge >= 0.3 is 0 Å². The van der Waals surface area contributed by atoms with Crippen LogP contribution in [0.3, 0.4) is 0 Å². The van der Waals surface area contributed by atoms with Gasteiger partial charge in [0, 0.05) is 21.8 Å². The maximum atomic E-state index is 6.51. The first kappa shape index (κ1) is 10.5. The van der Waals surface area contributed by atoms with E-state index in [0.29, 0.717) is 5.92 Å². The van der Waals surface area contributed by atoms with Gasteiger partial charge in [-0.3, -0.25) is 0 Å². The van der Waals surface area contributed by atoms with Crippen molar-refractivity contribution in [3.05, 3.63) is 48.0 Å². The number of H-pyrrole nitrogens is 1. The summed E-state index contributed by atoms with van der Waals surface area (Å²) in [5.74, 6) is 0.689. The normalized spacial score (nSPS) is 17.4. The molecule has 1 aromatic heterocycles. The van der Waals surface area contributed by atoms with E-state index in [0.717, 1.165) is 0 Å². The molecule has 1 aliphatic rings. The minimum Gasteiger partial charge on any atom is -0.355 e. The third kappa shape index (κ3) is 1.54. The van der Waals surface area contributed by atoms with Crippen LogP contribution < -0.4 is 0 Å². The number of para-hydroxylation sites is 1. The van der Waals surface area contributed by atoms with Crippen molar-refractivity contribution in [2.24, 2.45) is 5.92 Å². The molecule has 2 heteroatoms. The third-order valence-electron chi connectivity index (χ3n) is 3.88. The van der Waals surface area contributed by atoms with Crippen molar-refractivity contribution in [3.63, 3.8) is 0 Å². The van der Waals surface area contributed by atoms with E-state index in [-0.39, 0.29) is 5.38 Å². The molecule has 0 spiro atoms. The maximum Gasteiger partial charge on any atom is 0.0613 e. The monoisotopic (exact) mass is 255 g/mol. The lowest BCUT2D eigenvalue weighted by atomic mass is 10.0. The van der Waals surface area contributed by atoms with E-state index in [2.05, 4.69) is 47.4 Å². The van der Waals surface area contributed by atoms with Gasteiger partial charge < -0.3 is 4.98 Å². The summed E-state index contributed by atoms with van der Waals surface area (Å²) in [6, 6.07) is 15.0. The first-order valence-electron chi connectivity index (χ1n) is 6.47. The largest absolute Gasteiger partial charge is 0.355 e. The predicted molar refractivity (Wildman–Crippen MR) is 77.1 cm³/mol. The molecule has 1 heterocycles. The van der Waals surface area contributed by atoms with Crippen LogP contribution in [-0.4, -0.2) is 4.98 Å². The molecule has 1 N–H and O–H groups in total. The number of alkyl halides is 1. The van der Waals surface area contributed by atoms with Crippen molar-refractivity contribution in [1.82, 2.24) is 4.98 Å². The fraction of sp³-hybridized carbons (Fsp3) is 0.250. The van der Waals surface area contributed by atoms with E-state index < -0.39 is 0 Å². The fourth-order valence-corrected chi connectivity index (χ4v) is 3.09. The lowest BCUT2D eigenvalue weighted by Crippen LogP contribution is -1.91. The number of hydrogen-bond donors (Lipinski definition) is 1. The highest BCUT2D eigenvalue weighted by molar-refractivity contribution is 6.21. The Hall–Kier alpha value is -1.47. The molecule has 0 saturated heterocycles. The molecule has 2 aromatic carbocycles. The molecule has 1 aliphatic carbocycles. The highest BCUT2D eigenvalue weighted by atomic mass is 35.5. The quantitative estimate of drug-likeness (QED) is 0.620. The van der Waals surface area contributed by atoms with Crippen LogP contribution in [0.5, 0.6) is 0 Å². The standard InChI is InChI=1S/C16H14ClN/c17-16(10-5-6-10)11-7-8-15-13(9-11)12-3-1-2-4-14(12)18-15/h1-4,7-10,16,18H,5-6H2. The number of hydrogen-bond acceptors (Lipinski definition) is 0. The molecule has 1 unspecified atom stereocenters. The second kappa shape index (κ2) is 3.76. The number of fused-ring (bicyclic) bond motifs is 3. The van der Waals surface area contributed by atoms with Gasteiger partial charge in [0.05, 0.1) is 5.38 Å². The summed E-state index contributed by atoms with van der Waals surface area (Å²) in [6.45, 7) is 0. The molecule has 18 heavy (non-hydrogen) atoms. The average molecular weight is 256 g/mol. The zero-order valence-electron chi connectivity index (χ0n) is 9.99. The van der Waals surface area contributed by atoms with Crippen molar-refractivity contribution >= 4 is 33.4 Å². The first-order valence-corrected chi connectivity index (χ1v) is 6.91. The highest BCUT2D eigenvalue weighted by Gasteiger charge is 2.30. The fourth-order valence-electron chi connectivity index (χ4n) is 2.70. The topological polar surface area (TPSA) is 15.8 Å². The summed E-state index contributed by atoms with van der Waals surface area (Å²) < 4.78 is 0. The number of rotatable bonds is 2. The minimum atomic E-state index is 0.183. The summed E-state index contributed by atoms with van der Waals surface area (Å²) >= 11 is 6.51. The van der Waals surface area contributed by atoms with Gasteiger partial charge in [-0.1, -0.05) is 24.3 Å². The van der Waals surface area contributed by atoms with Gasteiger partial charge in [-0.05, 0) is 42.5 Å². The number of aromatic nitrogens is 1. The predicted octanol–water partition coefficient (Wildman–Crippen LogP) is 5.01. The highest BCUT2D eigenvalue weighted by Crippen LogP contribution is 2.45. The van der Waals surface area contributed by atoms with Gasteiger partial charge in [-0.2, -0.15) is 0 Å². The van der Waals surface area contributed by atoms with Crippen LogP contribution in [0.25, 0.3) is 21.8 Å². The minimum absolute atomic E-state index is 0.183. The van der Waals surface area contributed by atoms with E-state index in [1.54, 1.807) is 0 Å². The van der Waals surface area contributed by atoms with Crippen LogP contribution in [-0.2, 0) is 0 Å². The van der Waals surface area contributed by atoms with E-state index in [1.165, 1.54) is 40.2 Å². The molecule has 90 valence electrons. The second-order valence-corrected chi connectivity index (χ2v) is 5.68. The average Bonchev–Trinajstić information content (AvgIpc) is 3.18. The lowest BCUT2D eigenvalue weighted by molar-refractivity contribution is 0.799. The van der Waals surface area contributed by atoms with Gasteiger partial charge in [-0.15, -0.1) is 11.6 Å². The molecular weight excluding hydrogens is 242 g/mol. The SMILES string of the molecule is ClC(c1ccc2[nH]c3ccccc3c2c1)C1CC1. The summed E-state index contributed by atoms with van der Waals surface area (Å²) in [6.07, 6.45) is 2.56. The molecule has 0 bridgehead atoms. The van der Waals surface area contributed by atoms with Crippen LogP contribution in [0.1, 0.15) is 23.8 Å². The Kier molecular flexibility index (Phi) is 2.18. The Labute approximate surface area is 111 Å². The van der Waals surface area contributed by atoms with E-state index in [4.69, 9.17) is 11.6 Å². The Bertz CT molecular complexity index is 724. The molecule has 0 radical (unpaired) electrons. The summed E-state index contributed by atoms with van der Waals surface area (Å²) in [4.78, 5) is 3.45. The summed E-state index contributed by atoms with van der Waals surface area (Å²) in [7, 11) is 0. The number of benzene rings is 2. The number of halogens is 1. The third-order valence-corrected chi connectivity index (χ3v) is 4.49. The van der Waals surface area contributed by atoms with Crippen molar-refractivity contribution < 1.29 is 0 Å². The van der Waals surface area contributed by atoms with Crippen LogP contribution >= 0.6 is 11.6 Å². The van der Waals surface area contributed by atoms with Crippen LogP contribution in [0, 0.1) is 5.92 Å². The van der Waals surface area contributed by atoms with Crippen LogP contribution in [0.2, 0.25) is 0 Å². The van der Waals surface area contributed by atoms with Gasteiger partial charge in [0.1, 0.15) is 0 Å². The van der Waals surface area contributed by atoms with Gasteiger partial charge in [0.25, 0.3) is 0 Å². The van der Waals surface area contributed by atoms with Gasteiger partial charge in [0.15, 0.2) is 0 Å². The smallest absolute Gasteiger partial charge is 0.0613 e. The Morgan fingerprint density at radius 2 is 1.78 bits per heavy atom. The maximum absolute atomic E-state index is 6.51. The van der Waals surface area contributed by atoms with E-state index >= 15 is 0 Å². The molecule has 1 fully saturated rings. The molecule has 1 atom stereocenters. The van der Waals surface area contributed by atoms with Crippen molar-refractivity contribution in [2.45, 2.75) is 18.2 Å². The number of aromatic amines is 1. The molecule has 4 rings (SSSR count). The van der Waals surface area contributed by atoms with E-state index in [1.807, 2.05) is 0 Å². The van der Waals surface area contributed by atoms with Crippen molar-refractivity contribution in [1.29, 1.82) is 0 Å². The Balaban J connectivity index is 1.94. The molecule has 1 nitrogen and oxygen atoms in total. The molecule has 1 saturated carbocycles. The summed E-state index contributed by atoms with van der Waals surface area (Å²) in [5.41, 5.74) is 3.65. The number of nitrogens with one attached hydrogen (secondary N) is 1. The Morgan fingerprint density at radius 1 is 1.00 bits per heavy atom. The summed E-state index contributed by atoms with van der Waals surface area (Å²) in [5, 5.41) is 2.76. The lowest BCUT2D eigenvalue weighted by Gasteiger charge is -2.08. The van der Waals surface area contributed by atoms with Crippen molar-refractivity contribution in [2.75, 3.05) is 0 Å². The molecular formula is C16H14ClN. The van der Waals surface area contributed by atoms with E-state index in [9.17, 15) is 0 Å².